The molecule has 2 unspecified atom stereocenters. The smallest absolute Gasteiger partial charge is 0.347 e. The minimum atomic E-state index is -0.836. The van der Waals surface area contributed by atoms with Gasteiger partial charge in [0.05, 0.1) is 5.69 Å². The summed E-state index contributed by atoms with van der Waals surface area (Å²) >= 11 is 1.36. The molecule has 1 aliphatic heterocycles. The van der Waals surface area contributed by atoms with Gasteiger partial charge in [-0.3, -0.25) is 0 Å². The third-order valence-corrected chi connectivity index (χ3v) is 5.61. The lowest BCUT2D eigenvalue weighted by molar-refractivity contribution is 0.0700. The van der Waals surface area contributed by atoms with Gasteiger partial charge in [0.1, 0.15) is 4.88 Å². The summed E-state index contributed by atoms with van der Waals surface area (Å²) in [6.45, 7) is 7.36. The molecule has 1 fully saturated rings. The van der Waals surface area contributed by atoms with Gasteiger partial charge in [-0.05, 0) is 31.6 Å². The number of nitrogens with zero attached hydrogens (tertiary/aromatic N) is 2. The van der Waals surface area contributed by atoms with Crippen molar-refractivity contribution in [3.05, 3.63) is 10.6 Å². The van der Waals surface area contributed by atoms with E-state index in [0.717, 1.165) is 30.2 Å². The Hall–Kier alpha value is -1.10. The van der Waals surface area contributed by atoms with Crippen LogP contribution in [0.25, 0.3) is 0 Å². The van der Waals surface area contributed by atoms with Gasteiger partial charge in [-0.15, -0.1) is 0 Å². The molecule has 4 nitrogen and oxygen atoms in total. The molecule has 1 aromatic heterocycles. The van der Waals surface area contributed by atoms with Crippen LogP contribution >= 0.6 is 11.3 Å². The van der Waals surface area contributed by atoms with Crippen LogP contribution in [0, 0.1) is 0 Å². The van der Waals surface area contributed by atoms with E-state index in [0.29, 0.717) is 10.9 Å². The van der Waals surface area contributed by atoms with E-state index in [1.165, 1.54) is 37.0 Å². The highest BCUT2D eigenvalue weighted by atomic mass is 32.1. The number of thiazole rings is 1. The van der Waals surface area contributed by atoms with E-state index < -0.39 is 5.97 Å². The average Bonchev–Trinajstić information content (AvgIpc) is 2.78. The molecule has 0 bridgehead atoms. The molecule has 2 heterocycles. The Kier molecular flexibility index (Phi) is 5.62. The Morgan fingerprint density at radius 3 is 2.81 bits per heavy atom. The van der Waals surface area contributed by atoms with Crippen LogP contribution in [0.2, 0.25) is 0 Å². The molecule has 5 heteroatoms. The van der Waals surface area contributed by atoms with Crippen LogP contribution in [0.1, 0.15) is 80.6 Å². The highest BCUT2D eigenvalue weighted by Gasteiger charge is 2.27. The SMILES string of the molecule is CCC(C)c1nc(N2CCCCCC2CC)sc1C(=O)O. The van der Waals surface area contributed by atoms with Gasteiger partial charge in [-0.1, -0.05) is 44.9 Å². The number of carboxylic acids is 1. The van der Waals surface area contributed by atoms with Crippen LogP contribution in [0.5, 0.6) is 0 Å². The fourth-order valence-corrected chi connectivity index (χ4v) is 4.10. The molecule has 0 aromatic carbocycles. The van der Waals surface area contributed by atoms with E-state index in [9.17, 15) is 9.90 Å². The lowest BCUT2D eigenvalue weighted by Gasteiger charge is -2.28. The second kappa shape index (κ2) is 7.25. The molecule has 1 aromatic rings. The largest absolute Gasteiger partial charge is 0.477 e. The summed E-state index contributed by atoms with van der Waals surface area (Å²) in [5, 5.41) is 10.4. The molecule has 2 atom stereocenters. The van der Waals surface area contributed by atoms with Crippen molar-refractivity contribution in [1.29, 1.82) is 0 Å². The van der Waals surface area contributed by atoms with Gasteiger partial charge >= 0.3 is 5.97 Å². The molecule has 1 aliphatic rings. The van der Waals surface area contributed by atoms with Crippen molar-refractivity contribution < 1.29 is 9.90 Å². The lowest BCUT2D eigenvalue weighted by Crippen LogP contribution is -2.34. The monoisotopic (exact) mass is 310 g/mol. The Balaban J connectivity index is 2.35. The molecule has 21 heavy (non-hydrogen) atoms. The van der Waals surface area contributed by atoms with E-state index in [1.807, 2.05) is 0 Å². The second-order valence-electron chi connectivity index (χ2n) is 5.93. The van der Waals surface area contributed by atoms with E-state index in [2.05, 4.69) is 25.7 Å². The number of aromatic nitrogens is 1. The average molecular weight is 310 g/mol. The molecule has 118 valence electrons. The van der Waals surface area contributed by atoms with Crippen molar-refractivity contribution >= 4 is 22.4 Å². The minimum Gasteiger partial charge on any atom is -0.477 e. The first-order valence-electron chi connectivity index (χ1n) is 8.09. The van der Waals surface area contributed by atoms with Crippen molar-refractivity contribution in [3.63, 3.8) is 0 Å². The number of hydrogen-bond donors (Lipinski definition) is 1. The predicted octanol–water partition coefficient (Wildman–Crippen LogP) is 4.51. The maximum absolute atomic E-state index is 11.5. The molecular weight excluding hydrogens is 284 g/mol. The Labute approximate surface area is 131 Å². The summed E-state index contributed by atoms with van der Waals surface area (Å²) < 4.78 is 0. The van der Waals surface area contributed by atoms with E-state index in [1.54, 1.807) is 0 Å². The van der Waals surface area contributed by atoms with Crippen LogP contribution in [0.4, 0.5) is 5.13 Å². The van der Waals surface area contributed by atoms with Gasteiger partial charge < -0.3 is 10.0 Å². The number of anilines is 1. The molecule has 1 saturated heterocycles. The second-order valence-corrected chi connectivity index (χ2v) is 6.91. The number of rotatable bonds is 5. The molecule has 2 rings (SSSR count). The van der Waals surface area contributed by atoms with Crippen molar-refractivity contribution in [3.8, 4) is 0 Å². The quantitative estimate of drug-likeness (QED) is 0.869. The maximum Gasteiger partial charge on any atom is 0.347 e. The topological polar surface area (TPSA) is 53.4 Å². The van der Waals surface area contributed by atoms with Gasteiger partial charge in [-0.2, -0.15) is 0 Å². The summed E-state index contributed by atoms with van der Waals surface area (Å²) in [4.78, 5) is 19.0. The van der Waals surface area contributed by atoms with Gasteiger partial charge in [0.15, 0.2) is 5.13 Å². The first kappa shape index (κ1) is 16.3. The Bertz CT molecular complexity index is 487. The number of hydrogen-bond acceptors (Lipinski definition) is 4. The van der Waals surface area contributed by atoms with Gasteiger partial charge in [-0.25, -0.2) is 9.78 Å². The fraction of sp³-hybridized carbons (Fsp3) is 0.750. The molecular formula is C16H26N2O2S. The van der Waals surface area contributed by atoms with Gasteiger partial charge in [0, 0.05) is 12.6 Å². The molecule has 0 spiro atoms. The van der Waals surface area contributed by atoms with Crippen LogP contribution in [0.3, 0.4) is 0 Å². The normalized spacial score (nSPS) is 21.1. The molecule has 1 N–H and O–H groups in total. The zero-order valence-electron chi connectivity index (χ0n) is 13.3. The van der Waals surface area contributed by atoms with E-state index >= 15 is 0 Å². The maximum atomic E-state index is 11.5. The molecule has 0 amide bonds. The fourth-order valence-electron chi connectivity index (χ4n) is 2.98. The van der Waals surface area contributed by atoms with Crippen LogP contribution in [0.15, 0.2) is 0 Å². The zero-order valence-corrected chi connectivity index (χ0v) is 14.1. The van der Waals surface area contributed by atoms with Crippen molar-refractivity contribution in [2.45, 2.75) is 71.3 Å². The lowest BCUT2D eigenvalue weighted by atomic mass is 10.0. The Morgan fingerprint density at radius 2 is 2.19 bits per heavy atom. The highest BCUT2D eigenvalue weighted by molar-refractivity contribution is 7.17. The molecule has 0 saturated carbocycles. The van der Waals surface area contributed by atoms with Crippen LogP contribution < -0.4 is 4.90 Å². The van der Waals surface area contributed by atoms with Gasteiger partial charge in [0.2, 0.25) is 0 Å². The summed E-state index contributed by atoms with van der Waals surface area (Å²) in [7, 11) is 0. The molecule has 0 radical (unpaired) electrons. The van der Waals surface area contributed by atoms with Crippen LogP contribution in [-0.4, -0.2) is 28.6 Å². The standard InChI is InChI=1S/C16H26N2O2S/c1-4-11(3)13-14(15(19)20)21-16(17-13)18-10-8-6-7-9-12(18)5-2/h11-12H,4-10H2,1-3H3,(H,19,20). The van der Waals surface area contributed by atoms with Crippen molar-refractivity contribution in [1.82, 2.24) is 4.98 Å². The first-order chi connectivity index (χ1) is 10.1. The summed E-state index contributed by atoms with van der Waals surface area (Å²) in [5.74, 6) is -0.634. The number of aromatic carboxylic acids is 1. The summed E-state index contributed by atoms with van der Waals surface area (Å²) in [5.41, 5.74) is 0.768. The number of carbonyl (C=O) groups is 1. The highest BCUT2D eigenvalue weighted by Crippen LogP contribution is 2.35. The predicted molar refractivity (Wildman–Crippen MR) is 87.7 cm³/mol. The molecule has 0 aliphatic carbocycles. The number of carboxylic acid groups (broad SMARTS) is 1. The van der Waals surface area contributed by atoms with E-state index in [4.69, 9.17) is 4.98 Å². The third-order valence-electron chi connectivity index (χ3n) is 4.51. The Morgan fingerprint density at radius 1 is 1.43 bits per heavy atom. The van der Waals surface area contributed by atoms with E-state index in [-0.39, 0.29) is 5.92 Å². The van der Waals surface area contributed by atoms with Crippen molar-refractivity contribution in [2.24, 2.45) is 0 Å². The summed E-state index contributed by atoms with van der Waals surface area (Å²) in [6, 6.07) is 0.505. The van der Waals surface area contributed by atoms with Crippen LogP contribution in [-0.2, 0) is 0 Å². The summed E-state index contributed by atoms with van der Waals surface area (Å²) in [6.07, 6.45) is 6.92. The first-order valence-corrected chi connectivity index (χ1v) is 8.90. The minimum absolute atomic E-state index is 0.202. The third kappa shape index (κ3) is 3.57. The zero-order chi connectivity index (χ0) is 15.4. The van der Waals surface area contributed by atoms with Crippen molar-refractivity contribution in [2.75, 3.05) is 11.4 Å². The van der Waals surface area contributed by atoms with Gasteiger partial charge in [0.25, 0.3) is 0 Å².